The van der Waals surface area contributed by atoms with Crippen molar-refractivity contribution in [3.63, 3.8) is 0 Å². The van der Waals surface area contributed by atoms with Gasteiger partial charge in [-0.25, -0.2) is 4.98 Å². The van der Waals surface area contributed by atoms with Gasteiger partial charge in [0.25, 0.3) is 5.91 Å². The summed E-state index contributed by atoms with van der Waals surface area (Å²) < 4.78 is 7.99. The topological polar surface area (TPSA) is 62.6 Å². The molecule has 0 atom stereocenters. The molecule has 2 heterocycles. The highest BCUT2D eigenvalue weighted by molar-refractivity contribution is 5.94. The Morgan fingerprint density at radius 3 is 2.52 bits per heavy atom. The van der Waals surface area contributed by atoms with Gasteiger partial charge in [-0.15, -0.1) is 0 Å². The van der Waals surface area contributed by atoms with Gasteiger partial charge in [-0.2, -0.15) is 0 Å². The molecule has 0 aliphatic carbocycles. The molecule has 7 nitrogen and oxygen atoms in total. The molecule has 0 spiro atoms. The van der Waals surface area contributed by atoms with Crippen molar-refractivity contribution in [2.24, 2.45) is 0 Å². The van der Waals surface area contributed by atoms with E-state index in [-0.39, 0.29) is 12.5 Å². The molecule has 176 valence electrons. The molecule has 0 unspecified atom stereocenters. The second kappa shape index (κ2) is 10.4. The van der Waals surface area contributed by atoms with Crippen molar-refractivity contribution >= 4 is 22.6 Å². The fourth-order valence-corrected chi connectivity index (χ4v) is 4.44. The Bertz CT molecular complexity index is 1100. The number of nitrogens with one attached hydrogen (secondary N) is 1. The van der Waals surface area contributed by atoms with E-state index in [1.165, 1.54) is 0 Å². The first-order valence-corrected chi connectivity index (χ1v) is 11.9. The number of ether oxygens (including phenoxy) is 1. The van der Waals surface area contributed by atoms with Gasteiger partial charge in [-0.3, -0.25) is 9.69 Å². The molecule has 1 aliphatic heterocycles. The van der Waals surface area contributed by atoms with E-state index in [0.29, 0.717) is 6.04 Å². The summed E-state index contributed by atoms with van der Waals surface area (Å²) in [5.41, 5.74) is 3.75. The second-order valence-corrected chi connectivity index (χ2v) is 9.01. The van der Waals surface area contributed by atoms with Crippen LogP contribution in [0.4, 0.5) is 5.69 Å². The maximum Gasteiger partial charge on any atom is 0.262 e. The van der Waals surface area contributed by atoms with Gasteiger partial charge in [0, 0.05) is 37.9 Å². The van der Waals surface area contributed by atoms with E-state index < -0.39 is 0 Å². The Kier molecular flexibility index (Phi) is 7.30. The molecule has 1 N–H and O–H groups in total. The number of piperazine rings is 1. The molecule has 1 fully saturated rings. The van der Waals surface area contributed by atoms with Crippen LogP contribution in [-0.4, -0.2) is 64.6 Å². The molecule has 7 heteroatoms. The normalized spacial score (nSPS) is 15.3. The summed E-state index contributed by atoms with van der Waals surface area (Å²) in [6.45, 7) is 14.9. The van der Waals surface area contributed by atoms with E-state index in [0.717, 1.165) is 73.1 Å². The fraction of sp³-hybridized carbons (Fsp3) is 0.462. The lowest BCUT2D eigenvalue weighted by molar-refractivity contribution is -0.118. The lowest BCUT2D eigenvalue weighted by Gasteiger charge is -2.34. The van der Waals surface area contributed by atoms with Gasteiger partial charge in [0.05, 0.1) is 17.6 Å². The van der Waals surface area contributed by atoms with E-state index in [1.807, 2.05) is 43.3 Å². The van der Waals surface area contributed by atoms with E-state index in [4.69, 9.17) is 9.72 Å². The van der Waals surface area contributed by atoms with E-state index in [1.54, 1.807) is 0 Å². The highest BCUT2D eigenvalue weighted by Crippen LogP contribution is 2.25. The molecular formula is C26H35N5O2. The number of rotatable bonds is 8. The predicted octanol–water partition coefficient (Wildman–Crippen LogP) is 4.08. The summed E-state index contributed by atoms with van der Waals surface area (Å²) in [5.74, 6) is 1.62. The first-order valence-electron chi connectivity index (χ1n) is 11.9. The molecule has 1 amide bonds. The number of benzene rings is 2. The van der Waals surface area contributed by atoms with Crippen LogP contribution in [0.2, 0.25) is 0 Å². The predicted molar refractivity (Wildman–Crippen MR) is 133 cm³/mol. The average molecular weight is 450 g/mol. The first kappa shape index (κ1) is 23.3. The highest BCUT2D eigenvalue weighted by Gasteiger charge is 2.20. The average Bonchev–Trinajstić information content (AvgIpc) is 3.16. The van der Waals surface area contributed by atoms with Crippen molar-refractivity contribution in [3.8, 4) is 5.75 Å². The maximum absolute atomic E-state index is 12.5. The lowest BCUT2D eigenvalue weighted by atomic mass is 10.2. The van der Waals surface area contributed by atoms with Gasteiger partial charge in [-0.1, -0.05) is 25.1 Å². The van der Waals surface area contributed by atoms with Gasteiger partial charge in [0.2, 0.25) is 0 Å². The third-order valence-corrected chi connectivity index (χ3v) is 6.29. The molecule has 1 aliphatic rings. The van der Waals surface area contributed by atoms with E-state index >= 15 is 0 Å². The van der Waals surface area contributed by atoms with E-state index in [9.17, 15) is 4.79 Å². The van der Waals surface area contributed by atoms with Crippen LogP contribution < -0.4 is 10.1 Å². The number of carbonyl (C=O) groups excluding carboxylic acids is 1. The zero-order valence-electron chi connectivity index (χ0n) is 20.2. The summed E-state index contributed by atoms with van der Waals surface area (Å²) in [7, 11) is 0. The number of aryl methyl sites for hydroxylation is 1. The molecule has 0 saturated carbocycles. The Balaban J connectivity index is 1.45. The number of hydrogen-bond donors (Lipinski definition) is 1. The molecule has 1 saturated heterocycles. The van der Waals surface area contributed by atoms with Crippen molar-refractivity contribution in [3.05, 3.63) is 53.9 Å². The molecule has 1 aromatic heterocycles. The number of fused-ring (bicyclic) bond motifs is 1. The summed E-state index contributed by atoms with van der Waals surface area (Å²) in [6.07, 6.45) is 0. The summed E-state index contributed by atoms with van der Waals surface area (Å²) in [5, 5.41) is 2.95. The molecule has 4 rings (SSSR count). The van der Waals surface area contributed by atoms with Crippen LogP contribution in [0.5, 0.6) is 5.75 Å². The molecule has 2 aromatic carbocycles. The fourth-order valence-electron chi connectivity index (χ4n) is 4.44. The Morgan fingerprint density at radius 1 is 1.09 bits per heavy atom. The number of hydrogen-bond acceptors (Lipinski definition) is 5. The second-order valence-electron chi connectivity index (χ2n) is 9.01. The Labute approximate surface area is 196 Å². The van der Waals surface area contributed by atoms with Crippen LogP contribution in [0.3, 0.4) is 0 Å². The number of imidazole rings is 1. The largest absolute Gasteiger partial charge is 0.483 e. The Morgan fingerprint density at radius 2 is 1.82 bits per heavy atom. The number of amides is 1. The first-order chi connectivity index (χ1) is 15.9. The van der Waals surface area contributed by atoms with Crippen molar-refractivity contribution in [2.75, 3.05) is 44.6 Å². The zero-order chi connectivity index (χ0) is 23.4. The minimum atomic E-state index is -0.185. The van der Waals surface area contributed by atoms with Crippen molar-refractivity contribution in [1.29, 1.82) is 0 Å². The van der Waals surface area contributed by atoms with Gasteiger partial charge in [0.15, 0.2) is 6.61 Å². The molecular weight excluding hydrogens is 414 g/mol. The summed E-state index contributed by atoms with van der Waals surface area (Å²) >= 11 is 0. The summed E-state index contributed by atoms with van der Waals surface area (Å²) in [4.78, 5) is 22.4. The van der Waals surface area contributed by atoms with Crippen LogP contribution in [0.15, 0.2) is 42.5 Å². The number of anilines is 1. The number of carbonyl (C=O) groups is 1. The zero-order valence-corrected chi connectivity index (χ0v) is 20.2. The van der Waals surface area contributed by atoms with Gasteiger partial charge >= 0.3 is 0 Å². The van der Waals surface area contributed by atoms with Crippen molar-refractivity contribution in [2.45, 2.75) is 40.3 Å². The van der Waals surface area contributed by atoms with Gasteiger partial charge in [-0.05, 0) is 57.1 Å². The van der Waals surface area contributed by atoms with Gasteiger partial charge < -0.3 is 19.5 Å². The smallest absolute Gasteiger partial charge is 0.262 e. The minimum absolute atomic E-state index is 0.0295. The third-order valence-electron chi connectivity index (χ3n) is 6.29. The highest BCUT2D eigenvalue weighted by atomic mass is 16.5. The molecule has 3 aromatic rings. The summed E-state index contributed by atoms with van der Waals surface area (Å²) in [6, 6.07) is 14.0. The number of para-hydroxylation sites is 1. The van der Waals surface area contributed by atoms with Crippen LogP contribution >= 0.6 is 0 Å². The number of nitrogens with zero attached hydrogens (tertiary/aromatic N) is 4. The third kappa shape index (κ3) is 5.54. The molecule has 33 heavy (non-hydrogen) atoms. The standard InChI is InChI=1S/C26H35N5O2/c1-5-29-12-14-30(15-13-29)17-25-28-22-16-21(10-11-23(22)31(25)19(2)3)27-26(32)18-33-24-9-7-6-8-20(24)4/h6-11,16,19H,5,12-15,17-18H2,1-4H3,(H,27,32). The number of aromatic nitrogens is 2. The van der Waals surface area contributed by atoms with Crippen molar-refractivity contribution < 1.29 is 9.53 Å². The quantitative estimate of drug-likeness (QED) is 0.561. The monoisotopic (exact) mass is 449 g/mol. The van der Waals surface area contributed by atoms with Crippen LogP contribution in [0.1, 0.15) is 38.2 Å². The van der Waals surface area contributed by atoms with E-state index in [2.05, 4.69) is 46.5 Å². The SMILES string of the molecule is CCN1CCN(Cc2nc3cc(NC(=O)COc4ccccc4C)ccc3n2C(C)C)CC1. The van der Waals surface area contributed by atoms with Crippen LogP contribution in [0.25, 0.3) is 11.0 Å². The lowest BCUT2D eigenvalue weighted by Crippen LogP contribution is -2.45. The number of likely N-dealkylation sites (N-methyl/N-ethyl adjacent to an activating group) is 1. The molecule has 0 radical (unpaired) electrons. The van der Waals surface area contributed by atoms with Crippen LogP contribution in [0, 0.1) is 6.92 Å². The maximum atomic E-state index is 12.5. The minimum Gasteiger partial charge on any atom is -0.483 e. The Hall–Kier alpha value is -2.90. The van der Waals surface area contributed by atoms with Crippen LogP contribution in [-0.2, 0) is 11.3 Å². The molecule has 0 bridgehead atoms. The van der Waals surface area contributed by atoms with Gasteiger partial charge in [0.1, 0.15) is 11.6 Å². The van der Waals surface area contributed by atoms with Crippen molar-refractivity contribution in [1.82, 2.24) is 19.4 Å².